The number of anilines is 2. The van der Waals surface area contributed by atoms with Crippen LogP contribution >= 0.6 is 0 Å². The fourth-order valence-electron chi connectivity index (χ4n) is 4.40. The average molecular weight is 406 g/mol. The van der Waals surface area contributed by atoms with Crippen molar-refractivity contribution in [1.29, 1.82) is 0 Å². The lowest BCUT2D eigenvalue weighted by molar-refractivity contribution is -0.153. The van der Waals surface area contributed by atoms with Crippen molar-refractivity contribution in [3.8, 4) is 0 Å². The van der Waals surface area contributed by atoms with E-state index in [0.717, 1.165) is 43.4 Å². The lowest BCUT2D eigenvalue weighted by Crippen LogP contribution is -2.43. The molecule has 4 rings (SSSR count). The number of rotatable bonds is 4. The fourth-order valence-corrected chi connectivity index (χ4v) is 4.40. The predicted octanol–water partition coefficient (Wildman–Crippen LogP) is 4.45. The Bertz CT molecular complexity index is 944. The van der Waals surface area contributed by atoms with Crippen molar-refractivity contribution >= 4 is 29.2 Å². The van der Waals surface area contributed by atoms with Crippen molar-refractivity contribution < 1.29 is 19.1 Å². The number of hydrogen-bond donors (Lipinski definition) is 2. The van der Waals surface area contributed by atoms with Crippen LogP contribution in [0.2, 0.25) is 0 Å². The molecule has 1 aliphatic heterocycles. The minimum atomic E-state index is -0.646. The summed E-state index contributed by atoms with van der Waals surface area (Å²) in [4.78, 5) is 37.3. The van der Waals surface area contributed by atoms with Gasteiger partial charge in [-0.25, -0.2) is 0 Å². The number of esters is 1. The molecule has 0 bridgehead atoms. The normalized spacial score (nSPS) is 19.9. The highest BCUT2D eigenvalue weighted by atomic mass is 16.6. The summed E-state index contributed by atoms with van der Waals surface area (Å²) in [6.45, 7) is 1.99. The zero-order valence-electron chi connectivity index (χ0n) is 17.1. The zero-order valence-corrected chi connectivity index (χ0v) is 17.1. The molecular formula is C24H26N2O4. The van der Waals surface area contributed by atoms with Gasteiger partial charge >= 0.3 is 5.97 Å². The first-order valence-electron chi connectivity index (χ1n) is 10.5. The lowest BCUT2D eigenvalue weighted by Gasteiger charge is -2.36. The largest absolute Gasteiger partial charge is 0.458 e. The molecule has 2 amide bonds. The maximum atomic E-state index is 12.9. The van der Waals surface area contributed by atoms with E-state index in [4.69, 9.17) is 4.74 Å². The molecular weight excluding hydrogens is 380 g/mol. The first kappa shape index (κ1) is 20.1. The number of aryl methyl sites for hydroxylation is 1. The molecule has 0 radical (unpaired) electrons. The summed E-state index contributed by atoms with van der Waals surface area (Å²) in [5, 5.41) is 5.75. The summed E-state index contributed by atoms with van der Waals surface area (Å²) in [5.74, 6) is -1.16. The van der Waals surface area contributed by atoms with Gasteiger partial charge in [0.25, 0.3) is 5.91 Å². The Morgan fingerprint density at radius 2 is 1.50 bits per heavy atom. The average Bonchev–Trinajstić information content (AvgIpc) is 3.06. The van der Waals surface area contributed by atoms with E-state index < -0.39 is 11.5 Å². The van der Waals surface area contributed by atoms with Crippen LogP contribution in [0.4, 0.5) is 11.4 Å². The summed E-state index contributed by atoms with van der Waals surface area (Å²) < 4.78 is 5.62. The number of amides is 2. The maximum absolute atomic E-state index is 12.9. The van der Waals surface area contributed by atoms with E-state index in [9.17, 15) is 14.4 Å². The molecule has 1 aliphatic carbocycles. The Morgan fingerprint density at radius 3 is 2.17 bits per heavy atom. The third kappa shape index (κ3) is 4.22. The van der Waals surface area contributed by atoms with Crippen LogP contribution in [0.3, 0.4) is 0 Å². The first-order valence-corrected chi connectivity index (χ1v) is 10.5. The second-order valence-corrected chi connectivity index (χ2v) is 8.24. The molecule has 1 spiro atoms. The smallest absolute Gasteiger partial charge is 0.307 e. The van der Waals surface area contributed by atoms with E-state index in [1.165, 1.54) is 0 Å². The van der Waals surface area contributed by atoms with Crippen molar-refractivity contribution in [3.63, 3.8) is 0 Å². The van der Waals surface area contributed by atoms with Crippen LogP contribution in [0.25, 0.3) is 0 Å². The molecule has 1 atom stereocenters. The van der Waals surface area contributed by atoms with Crippen LogP contribution in [0.15, 0.2) is 48.5 Å². The van der Waals surface area contributed by atoms with Gasteiger partial charge in [0.05, 0.1) is 12.3 Å². The van der Waals surface area contributed by atoms with E-state index >= 15 is 0 Å². The lowest BCUT2D eigenvalue weighted by atomic mass is 9.75. The Morgan fingerprint density at radius 1 is 0.900 bits per heavy atom. The highest BCUT2D eigenvalue weighted by Gasteiger charge is 2.52. The molecule has 2 fully saturated rings. The molecule has 1 heterocycles. The molecule has 156 valence electrons. The van der Waals surface area contributed by atoms with Gasteiger partial charge in [0, 0.05) is 16.9 Å². The van der Waals surface area contributed by atoms with Crippen molar-refractivity contribution in [2.45, 2.75) is 51.0 Å². The molecule has 2 aromatic carbocycles. The Hall–Kier alpha value is -3.15. The van der Waals surface area contributed by atoms with Crippen molar-refractivity contribution in [1.82, 2.24) is 0 Å². The number of nitrogens with one attached hydrogen (secondary N) is 2. The molecule has 1 unspecified atom stereocenters. The van der Waals surface area contributed by atoms with Gasteiger partial charge in [-0.05, 0) is 69.0 Å². The van der Waals surface area contributed by atoms with Gasteiger partial charge in [0.1, 0.15) is 5.60 Å². The predicted molar refractivity (Wildman–Crippen MR) is 114 cm³/mol. The number of benzene rings is 2. The van der Waals surface area contributed by atoms with Gasteiger partial charge in [-0.2, -0.15) is 0 Å². The summed E-state index contributed by atoms with van der Waals surface area (Å²) in [6.07, 6.45) is 4.68. The van der Waals surface area contributed by atoms with Crippen LogP contribution in [0.5, 0.6) is 0 Å². The monoisotopic (exact) mass is 406 g/mol. The molecule has 6 nitrogen and oxygen atoms in total. The second kappa shape index (κ2) is 8.30. The Kier molecular flexibility index (Phi) is 5.57. The molecule has 0 aromatic heterocycles. The summed E-state index contributed by atoms with van der Waals surface area (Å²) >= 11 is 0. The van der Waals surface area contributed by atoms with E-state index in [-0.39, 0.29) is 24.2 Å². The molecule has 6 heteroatoms. The molecule has 30 heavy (non-hydrogen) atoms. The highest BCUT2D eigenvalue weighted by Crippen LogP contribution is 2.44. The van der Waals surface area contributed by atoms with E-state index in [1.807, 2.05) is 31.2 Å². The minimum Gasteiger partial charge on any atom is -0.458 e. The Labute approximate surface area is 176 Å². The quantitative estimate of drug-likeness (QED) is 0.735. The zero-order chi connectivity index (χ0) is 21.1. The highest BCUT2D eigenvalue weighted by molar-refractivity contribution is 6.04. The third-order valence-corrected chi connectivity index (χ3v) is 6.06. The van der Waals surface area contributed by atoms with Crippen molar-refractivity contribution in [2.24, 2.45) is 5.92 Å². The van der Waals surface area contributed by atoms with Crippen LogP contribution in [-0.4, -0.2) is 23.4 Å². The molecule has 1 saturated heterocycles. The standard InChI is InChI=1S/C24H26N2O4/c1-16-5-9-18(10-6-16)25-22(28)17-7-11-19(12-8-17)26-23(29)20-15-21(27)30-24(20)13-3-2-4-14-24/h5-12,20H,2-4,13-15H2,1H3,(H,25,28)(H,26,29). The maximum Gasteiger partial charge on any atom is 0.307 e. The van der Waals surface area contributed by atoms with E-state index in [0.29, 0.717) is 11.3 Å². The first-order chi connectivity index (χ1) is 14.4. The van der Waals surface area contributed by atoms with Crippen molar-refractivity contribution in [3.05, 3.63) is 59.7 Å². The molecule has 2 aromatic rings. The second-order valence-electron chi connectivity index (χ2n) is 8.24. The number of carbonyl (C=O) groups excluding carboxylic acids is 3. The fraction of sp³-hybridized carbons (Fsp3) is 0.375. The van der Waals surface area contributed by atoms with Gasteiger partial charge in [0.2, 0.25) is 5.91 Å². The summed E-state index contributed by atoms with van der Waals surface area (Å²) in [6, 6.07) is 14.3. The molecule has 2 N–H and O–H groups in total. The van der Waals surface area contributed by atoms with E-state index in [1.54, 1.807) is 24.3 Å². The summed E-state index contributed by atoms with van der Waals surface area (Å²) in [7, 11) is 0. The van der Waals surface area contributed by atoms with Crippen LogP contribution in [0.1, 0.15) is 54.4 Å². The topological polar surface area (TPSA) is 84.5 Å². The SMILES string of the molecule is Cc1ccc(NC(=O)c2ccc(NC(=O)C3CC(=O)OC34CCCCC4)cc2)cc1. The number of carbonyl (C=O) groups is 3. The van der Waals surface area contributed by atoms with Gasteiger partial charge in [0.15, 0.2) is 0 Å². The van der Waals surface area contributed by atoms with E-state index in [2.05, 4.69) is 10.6 Å². The van der Waals surface area contributed by atoms with Crippen LogP contribution in [0, 0.1) is 12.8 Å². The number of hydrogen-bond acceptors (Lipinski definition) is 4. The number of ether oxygens (including phenoxy) is 1. The van der Waals surface area contributed by atoms with Crippen LogP contribution < -0.4 is 10.6 Å². The van der Waals surface area contributed by atoms with Crippen molar-refractivity contribution in [2.75, 3.05) is 10.6 Å². The minimum absolute atomic E-state index is 0.128. The summed E-state index contributed by atoms with van der Waals surface area (Å²) in [5.41, 5.74) is 2.30. The van der Waals surface area contributed by atoms with Gasteiger partial charge in [-0.15, -0.1) is 0 Å². The van der Waals surface area contributed by atoms with Crippen LogP contribution in [-0.2, 0) is 14.3 Å². The molecule has 2 aliphatic rings. The third-order valence-electron chi connectivity index (χ3n) is 6.06. The van der Waals surface area contributed by atoms with Gasteiger partial charge in [-0.3, -0.25) is 14.4 Å². The van der Waals surface area contributed by atoms with Gasteiger partial charge in [-0.1, -0.05) is 24.1 Å². The van der Waals surface area contributed by atoms with Gasteiger partial charge < -0.3 is 15.4 Å². The Balaban J connectivity index is 1.40. The molecule has 1 saturated carbocycles.